The smallest absolute Gasteiger partial charge is 0.260 e. The van der Waals surface area contributed by atoms with Crippen molar-refractivity contribution in [3.05, 3.63) is 60.5 Å². The Kier molecular flexibility index (Phi) is 6.52. The monoisotopic (exact) mass is 544 g/mol. The molecular weight excluding hydrogens is 527 g/mol. The Balaban J connectivity index is 1.73. The molecule has 1 aliphatic rings. The van der Waals surface area contributed by atoms with E-state index in [-0.39, 0.29) is 11.4 Å². The lowest BCUT2D eigenvalue weighted by molar-refractivity contribution is -0.116. The van der Waals surface area contributed by atoms with Gasteiger partial charge in [0, 0.05) is 5.69 Å². The van der Waals surface area contributed by atoms with Crippen LogP contribution in [0, 0.1) is 3.57 Å². The van der Waals surface area contributed by atoms with E-state index in [0.29, 0.717) is 4.91 Å². The van der Waals surface area contributed by atoms with Crippen molar-refractivity contribution in [1.29, 1.82) is 0 Å². The molecule has 2 aromatic carbocycles. The molecular formula is C19H18BrIN2O2S. The molecule has 1 heterocycles. The fourth-order valence-electron chi connectivity index (χ4n) is 2.56. The normalized spacial score (nSPS) is 18.1. The molecule has 4 nitrogen and oxygen atoms in total. The summed E-state index contributed by atoms with van der Waals surface area (Å²) >= 11 is 7.22. The lowest BCUT2D eigenvalue weighted by Crippen LogP contribution is -2.30. The Hall–Kier alpha value is -1.19. The number of thioether (sulfide) groups is 1. The van der Waals surface area contributed by atoms with Crippen molar-refractivity contribution in [2.75, 3.05) is 12.4 Å². The van der Waals surface area contributed by atoms with Gasteiger partial charge < -0.3 is 15.4 Å². The summed E-state index contributed by atoms with van der Waals surface area (Å²) in [5, 5.41) is 6.30. The molecule has 26 heavy (non-hydrogen) atoms. The Morgan fingerprint density at radius 3 is 2.69 bits per heavy atom. The average molecular weight is 545 g/mol. The summed E-state index contributed by atoms with van der Waals surface area (Å²) in [6, 6.07) is 12.2. The lowest BCUT2D eigenvalue weighted by Gasteiger charge is -2.12. The number of ether oxygens (including phenoxy) is 1. The summed E-state index contributed by atoms with van der Waals surface area (Å²) in [5.74, 6) is 0.728. The minimum Gasteiger partial charge on any atom is -0.494 e. The van der Waals surface area contributed by atoms with Gasteiger partial charge in [0.05, 0.1) is 20.1 Å². The van der Waals surface area contributed by atoms with Gasteiger partial charge >= 0.3 is 0 Å². The van der Waals surface area contributed by atoms with Gasteiger partial charge in [-0.05, 0) is 86.4 Å². The first-order valence-corrected chi connectivity index (χ1v) is 10.8. The summed E-state index contributed by atoms with van der Waals surface area (Å²) in [6.07, 6.45) is 2.91. The molecule has 2 N–H and O–H groups in total. The molecule has 0 spiro atoms. The minimum absolute atomic E-state index is 0.0698. The van der Waals surface area contributed by atoms with E-state index in [4.69, 9.17) is 4.74 Å². The number of halogens is 2. The summed E-state index contributed by atoms with van der Waals surface area (Å²) in [7, 11) is 1.64. The molecule has 1 saturated heterocycles. The largest absolute Gasteiger partial charge is 0.494 e. The van der Waals surface area contributed by atoms with Gasteiger partial charge in [0.2, 0.25) is 0 Å². The zero-order valence-electron chi connectivity index (χ0n) is 14.3. The molecule has 0 radical (unpaired) electrons. The molecule has 0 saturated carbocycles. The second-order valence-corrected chi connectivity index (χ2v) is 8.86. The zero-order chi connectivity index (χ0) is 18.7. The number of carbonyl (C=O) groups is 1. The van der Waals surface area contributed by atoms with Crippen molar-refractivity contribution >= 4 is 68.0 Å². The van der Waals surface area contributed by atoms with Gasteiger partial charge in [-0.3, -0.25) is 4.79 Å². The van der Waals surface area contributed by atoms with Gasteiger partial charge in [0.15, 0.2) is 5.50 Å². The quantitative estimate of drug-likeness (QED) is 0.400. The molecule has 1 amide bonds. The first-order chi connectivity index (χ1) is 12.5. The summed E-state index contributed by atoms with van der Waals surface area (Å²) in [5.41, 5.74) is 3.05. The van der Waals surface area contributed by atoms with Crippen LogP contribution in [-0.4, -0.2) is 18.5 Å². The molecule has 0 bridgehead atoms. The van der Waals surface area contributed by atoms with Crippen LogP contribution in [0.25, 0.3) is 6.08 Å². The van der Waals surface area contributed by atoms with E-state index in [0.717, 1.165) is 31.5 Å². The van der Waals surface area contributed by atoms with Crippen molar-refractivity contribution < 1.29 is 9.53 Å². The summed E-state index contributed by atoms with van der Waals surface area (Å²) in [4.78, 5) is 13.0. The number of rotatable bonds is 5. The maximum Gasteiger partial charge on any atom is 0.260 e. The number of benzene rings is 2. The van der Waals surface area contributed by atoms with Crippen LogP contribution in [0.5, 0.6) is 5.75 Å². The van der Waals surface area contributed by atoms with Crippen LogP contribution in [0.1, 0.15) is 18.1 Å². The Morgan fingerprint density at radius 1 is 1.35 bits per heavy atom. The average Bonchev–Trinajstić information content (AvgIpc) is 2.94. The fourth-order valence-corrected chi connectivity index (χ4v) is 5.43. The Bertz CT molecular complexity index is 832. The molecule has 0 aromatic heterocycles. The standard InChI is InChI=1S/C19H18BrIN2O2S/c1-3-11-4-6-13(7-5-11)22-19-23-18(24)16(26-19)10-12-8-14(20)17(25-2)15(21)9-12/h4-10,19,22H,3H2,1-2H3,(H,23,24)/b16-10-/t19-/m0/s1. The van der Waals surface area contributed by atoms with Gasteiger partial charge in [0.25, 0.3) is 5.91 Å². The van der Waals surface area contributed by atoms with Crippen molar-refractivity contribution in [2.24, 2.45) is 0 Å². The van der Waals surface area contributed by atoms with Gasteiger partial charge in [0.1, 0.15) is 5.75 Å². The predicted octanol–water partition coefficient (Wildman–Crippen LogP) is 5.22. The Labute approximate surface area is 179 Å². The number of hydrogen-bond acceptors (Lipinski definition) is 4. The number of anilines is 1. The highest BCUT2D eigenvalue weighted by Gasteiger charge is 2.27. The number of nitrogens with one attached hydrogen (secondary N) is 2. The predicted molar refractivity (Wildman–Crippen MR) is 120 cm³/mol. The van der Waals surface area contributed by atoms with Crippen LogP contribution in [0.3, 0.4) is 0 Å². The first-order valence-electron chi connectivity index (χ1n) is 8.08. The van der Waals surface area contributed by atoms with Crippen LogP contribution < -0.4 is 15.4 Å². The van der Waals surface area contributed by atoms with E-state index < -0.39 is 0 Å². The molecule has 1 aliphatic heterocycles. The van der Waals surface area contributed by atoms with E-state index >= 15 is 0 Å². The van der Waals surface area contributed by atoms with Gasteiger partial charge in [-0.25, -0.2) is 0 Å². The van der Waals surface area contributed by atoms with Gasteiger partial charge in [-0.2, -0.15) is 0 Å². The van der Waals surface area contributed by atoms with E-state index in [2.05, 4.69) is 68.2 Å². The minimum atomic E-state index is -0.179. The zero-order valence-corrected chi connectivity index (χ0v) is 18.9. The lowest BCUT2D eigenvalue weighted by atomic mass is 10.1. The molecule has 1 atom stereocenters. The van der Waals surface area contributed by atoms with Crippen LogP contribution in [0.4, 0.5) is 5.69 Å². The second-order valence-electron chi connectivity index (χ2n) is 5.69. The van der Waals surface area contributed by atoms with Crippen molar-refractivity contribution in [3.8, 4) is 5.75 Å². The molecule has 1 fully saturated rings. The number of methoxy groups -OCH3 is 1. The van der Waals surface area contributed by atoms with E-state index in [1.807, 2.05) is 30.3 Å². The molecule has 2 aromatic rings. The molecule has 0 aliphatic carbocycles. The number of carbonyl (C=O) groups excluding carboxylic acids is 1. The van der Waals surface area contributed by atoms with E-state index in [9.17, 15) is 4.79 Å². The third-order valence-corrected chi connectivity index (χ3v) is 6.33. The highest BCUT2D eigenvalue weighted by molar-refractivity contribution is 14.1. The Morgan fingerprint density at radius 2 is 2.08 bits per heavy atom. The third-order valence-electron chi connectivity index (χ3n) is 3.91. The van der Waals surface area contributed by atoms with Crippen LogP contribution in [-0.2, 0) is 11.2 Å². The van der Waals surface area contributed by atoms with Crippen molar-refractivity contribution in [3.63, 3.8) is 0 Å². The molecule has 0 unspecified atom stereocenters. The van der Waals surface area contributed by atoms with Crippen LogP contribution in [0.15, 0.2) is 45.8 Å². The summed E-state index contributed by atoms with van der Waals surface area (Å²) < 4.78 is 7.21. The maximum atomic E-state index is 12.3. The SMILES string of the molecule is CCc1ccc(N[C@H]2NC(=O)/C(=C/c3cc(Br)c(OC)c(I)c3)S2)cc1. The van der Waals surface area contributed by atoms with Crippen molar-refractivity contribution in [1.82, 2.24) is 5.32 Å². The van der Waals surface area contributed by atoms with E-state index in [1.54, 1.807) is 7.11 Å². The van der Waals surface area contributed by atoms with Crippen LogP contribution >= 0.6 is 50.3 Å². The highest BCUT2D eigenvalue weighted by atomic mass is 127. The fraction of sp³-hybridized carbons (Fsp3) is 0.211. The number of amides is 1. The molecule has 3 rings (SSSR count). The first kappa shape index (κ1) is 19.6. The maximum absolute atomic E-state index is 12.3. The molecule has 7 heteroatoms. The molecule has 136 valence electrons. The number of hydrogen-bond donors (Lipinski definition) is 2. The summed E-state index contributed by atoms with van der Waals surface area (Å²) in [6.45, 7) is 2.13. The topological polar surface area (TPSA) is 50.4 Å². The van der Waals surface area contributed by atoms with Gasteiger partial charge in [-0.15, -0.1) is 0 Å². The van der Waals surface area contributed by atoms with E-state index in [1.165, 1.54) is 17.3 Å². The number of aryl methyl sites for hydroxylation is 1. The van der Waals surface area contributed by atoms with Crippen molar-refractivity contribution in [2.45, 2.75) is 18.8 Å². The van der Waals surface area contributed by atoms with Crippen LogP contribution in [0.2, 0.25) is 0 Å². The van der Waals surface area contributed by atoms with Gasteiger partial charge in [-0.1, -0.05) is 30.8 Å². The highest BCUT2D eigenvalue weighted by Crippen LogP contribution is 2.35. The second kappa shape index (κ2) is 8.67. The third kappa shape index (κ3) is 4.55.